The minimum absolute atomic E-state index is 0.282. The molecule has 0 bridgehead atoms. The fourth-order valence-electron chi connectivity index (χ4n) is 1.87. The number of rotatable bonds is 4. The summed E-state index contributed by atoms with van der Waals surface area (Å²) in [6.45, 7) is 0. The van der Waals surface area contributed by atoms with Gasteiger partial charge in [0.2, 0.25) is 0 Å². The lowest BCUT2D eigenvalue weighted by Crippen LogP contribution is -2.14. The van der Waals surface area contributed by atoms with Crippen molar-refractivity contribution in [2.45, 2.75) is 0 Å². The Labute approximate surface area is 142 Å². The molecule has 2 aromatic carbocycles. The number of nitrogens with one attached hydrogen (secondary N) is 1. The summed E-state index contributed by atoms with van der Waals surface area (Å²) in [5.41, 5.74) is 0.662. The predicted octanol–water partition coefficient (Wildman–Crippen LogP) is 4.92. The molecule has 116 valence electrons. The summed E-state index contributed by atoms with van der Waals surface area (Å²) in [6.07, 6.45) is 0. The molecule has 0 aliphatic carbocycles. The number of ether oxygens (including phenoxy) is 2. The number of hydrogen-bond acceptors (Lipinski definition) is 3. The number of carbonyl (C=O) groups is 1. The third-order valence-electron chi connectivity index (χ3n) is 2.91. The van der Waals surface area contributed by atoms with Crippen molar-refractivity contribution in [1.29, 1.82) is 0 Å². The van der Waals surface area contributed by atoms with Crippen LogP contribution in [0, 0.1) is 0 Å². The molecule has 0 atom stereocenters. The molecule has 0 fully saturated rings. The van der Waals surface area contributed by atoms with Crippen LogP contribution >= 0.6 is 34.8 Å². The molecule has 0 radical (unpaired) electrons. The van der Waals surface area contributed by atoms with Gasteiger partial charge in [0.05, 0.1) is 40.5 Å². The molecule has 0 saturated carbocycles. The lowest BCUT2D eigenvalue weighted by atomic mass is 10.1. The highest BCUT2D eigenvalue weighted by molar-refractivity contribution is 6.44. The fourth-order valence-corrected chi connectivity index (χ4v) is 2.47. The topological polar surface area (TPSA) is 47.6 Å². The molecule has 0 unspecified atom stereocenters. The van der Waals surface area contributed by atoms with Crippen LogP contribution in [0.5, 0.6) is 11.5 Å². The fraction of sp³-hybridized carbons (Fsp3) is 0.133. The van der Waals surface area contributed by atoms with E-state index in [4.69, 9.17) is 44.3 Å². The highest BCUT2D eigenvalue weighted by Gasteiger charge is 2.18. The first kappa shape index (κ1) is 16.7. The number of amides is 1. The maximum absolute atomic E-state index is 12.4. The Bertz CT molecular complexity index is 719. The first-order chi connectivity index (χ1) is 10.5. The zero-order valence-electron chi connectivity index (χ0n) is 11.7. The molecule has 0 saturated heterocycles. The minimum atomic E-state index is -0.406. The van der Waals surface area contributed by atoms with E-state index in [-0.39, 0.29) is 5.02 Å². The Hall–Kier alpha value is -1.62. The zero-order valence-corrected chi connectivity index (χ0v) is 14.0. The third kappa shape index (κ3) is 3.40. The first-order valence-electron chi connectivity index (χ1n) is 6.14. The molecule has 0 spiro atoms. The van der Waals surface area contributed by atoms with Crippen LogP contribution in [0.2, 0.25) is 15.1 Å². The summed E-state index contributed by atoms with van der Waals surface area (Å²) in [5.74, 6) is 0.380. The van der Waals surface area contributed by atoms with Crippen molar-refractivity contribution >= 4 is 46.4 Å². The van der Waals surface area contributed by atoms with Gasteiger partial charge in [-0.15, -0.1) is 0 Å². The van der Waals surface area contributed by atoms with Gasteiger partial charge in [-0.2, -0.15) is 0 Å². The van der Waals surface area contributed by atoms with Crippen molar-refractivity contribution < 1.29 is 14.3 Å². The van der Waals surface area contributed by atoms with Crippen molar-refractivity contribution in [1.82, 2.24) is 0 Å². The lowest BCUT2D eigenvalue weighted by molar-refractivity contribution is 0.102. The van der Waals surface area contributed by atoms with Gasteiger partial charge in [-0.25, -0.2) is 0 Å². The van der Waals surface area contributed by atoms with Gasteiger partial charge in [0.15, 0.2) is 11.5 Å². The summed E-state index contributed by atoms with van der Waals surface area (Å²) in [6, 6.07) is 7.94. The van der Waals surface area contributed by atoms with E-state index in [2.05, 4.69) is 5.32 Å². The van der Waals surface area contributed by atoms with Crippen molar-refractivity contribution in [3.05, 3.63) is 51.0 Å². The van der Waals surface area contributed by atoms with E-state index in [0.29, 0.717) is 32.8 Å². The molecule has 1 amide bonds. The van der Waals surface area contributed by atoms with Crippen LogP contribution < -0.4 is 14.8 Å². The van der Waals surface area contributed by atoms with E-state index in [1.165, 1.54) is 26.4 Å². The summed E-state index contributed by atoms with van der Waals surface area (Å²) in [4.78, 5) is 12.4. The van der Waals surface area contributed by atoms with Crippen LogP contribution in [-0.2, 0) is 0 Å². The molecule has 0 aliphatic heterocycles. The van der Waals surface area contributed by atoms with E-state index >= 15 is 0 Å². The smallest absolute Gasteiger partial charge is 0.259 e. The largest absolute Gasteiger partial charge is 0.493 e. The summed E-state index contributed by atoms with van der Waals surface area (Å²) in [5, 5.41) is 3.55. The molecule has 7 heteroatoms. The molecule has 2 rings (SSSR count). The summed E-state index contributed by atoms with van der Waals surface area (Å²) < 4.78 is 10.4. The van der Waals surface area contributed by atoms with E-state index < -0.39 is 5.91 Å². The van der Waals surface area contributed by atoms with Crippen molar-refractivity contribution in [2.24, 2.45) is 0 Å². The van der Waals surface area contributed by atoms with Gasteiger partial charge in [0.1, 0.15) is 0 Å². The second-order valence-electron chi connectivity index (χ2n) is 4.24. The average molecular weight is 361 g/mol. The van der Waals surface area contributed by atoms with E-state index in [0.717, 1.165) is 0 Å². The Morgan fingerprint density at radius 2 is 1.68 bits per heavy atom. The Morgan fingerprint density at radius 1 is 1.00 bits per heavy atom. The molecule has 22 heavy (non-hydrogen) atoms. The molecule has 4 nitrogen and oxygen atoms in total. The highest BCUT2D eigenvalue weighted by Crippen LogP contribution is 2.34. The molecule has 0 aliphatic rings. The van der Waals surface area contributed by atoms with Gasteiger partial charge < -0.3 is 14.8 Å². The molecule has 0 aromatic heterocycles. The van der Waals surface area contributed by atoms with E-state index in [9.17, 15) is 4.79 Å². The quantitative estimate of drug-likeness (QED) is 0.788. The van der Waals surface area contributed by atoms with Crippen molar-refractivity contribution in [3.8, 4) is 11.5 Å². The third-order valence-corrected chi connectivity index (χ3v) is 3.94. The Balaban J connectivity index is 2.36. The number of benzene rings is 2. The maximum atomic E-state index is 12.4. The highest BCUT2D eigenvalue weighted by atomic mass is 35.5. The Kier molecular flexibility index (Phi) is 5.40. The molecular weight excluding hydrogens is 349 g/mol. The molecule has 1 N–H and O–H groups in total. The van der Waals surface area contributed by atoms with E-state index in [1.807, 2.05) is 0 Å². The van der Waals surface area contributed by atoms with Crippen LogP contribution in [0.15, 0.2) is 30.3 Å². The SMILES string of the molecule is COc1cccc(C(=O)Nc2cc(Cl)c(Cl)cc2Cl)c1OC. The van der Waals surface area contributed by atoms with Gasteiger partial charge >= 0.3 is 0 Å². The number of methoxy groups -OCH3 is 2. The van der Waals surface area contributed by atoms with Crippen LogP contribution in [0.4, 0.5) is 5.69 Å². The van der Waals surface area contributed by atoms with Crippen LogP contribution in [-0.4, -0.2) is 20.1 Å². The minimum Gasteiger partial charge on any atom is -0.493 e. The summed E-state index contributed by atoms with van der Waals surface area (Å²) in [7, 11) is 2.95. The first-order valence-corrected chi connectivity index (χ1v) is 7.28. The van der Waals surface area contributed by atoms with Crippen molar-refractivity contribution in [2.75, 3.05) is 19.5 Å². The van der Waals surface area contributed by atoms with Crippen LogP contribution in [0.25, 0.3) is 0 Å². The van der Waals surface area contributed by atoms with Gasteiger partial charge in [0, 0.05) is 0 Å². The van der Waals surface area contributed by atoms with Gasteiger partial charge in [-0.05, 0) is 24.3 Å². The van der Waals surface area contributed by atoms with Crippen LogP contribution in [0.1, 0.15) is 10.4 Å². The zero-order chi connectivity index (χ0) is 16.3. The Morgan fingerprint density at radius 3 is 2.32 bits per heavy atom. The number of carbonyl (C=O) groups excluding carboxylic acids is 1. The number of anilines is 1. The molecular formula is C15H12Cl3NO3. The predicted molar refractivity (Wildman–Crippen MR) is 89.0 cm³/mol. The van der Waals surface area contributed by atoms with Gasteiger partial charge in [-0.3, -0.25) is 4.79 Å². The number of halogens is 3. The van der Waals surface area contributed by atoms with E-state index in [1.54, 1.807) is 18.2 Å². The average Bonchev–Trinajstić information content (AvgIpc) is 2.51. The molecule has 2 aromatic rings. The second-order valence-corrected chi connectivity index (χ2v) is 5.46. The second kappa shape index (κ2) is 7.09. The monoisotopic (exact) mass is 359 g/mol. The summed E-state index contributed by atoms with van der Waals surface area (Å²) >= 11 is 17.8. The number of para-hydroxylation sites is 1. The van der Waals surface area contributed by atoms with Gasteiger partial charge in [-0.1, -0.05) is 40.9 Å². The molecule has 0 heterocycles. The number of hydrogen-bond donors (Lipinski definition) is 1. The van der Waals surface area contributed by atoms with Gasteiger partial charge in [0.25, 0.3) is 5.91 Å². The standard InChI is InChI=1S/C15H12Cl3NO3/c1-21-13-5-3-4-8(14(13)22-2)15(20)19-12-7-10(17)9(16)6-11(12)18/h3-7H,1-2H3,(H,19,20). The van der Waals surface area contributed by atoms with Crippen molar-refractivity contribution in [3.63, 3.8) is 0 Å². The lowest BCUT2D eigenvalue weighted by Gasteiger charge is -2.13. The normalized spacial score (nSPS) is 10.2. The maximum Gasteiger partial charge on any atom is 0.259 e. The van der Waals surface area contributed by atoms with Crippen LogP contribution in [0.3, 0.4) is 0 Å².